The summed E-state index contributed by atoms with van der Waals surface area (Å²) in [6.07, 6.45) is -8.09. The first-order valence-corrected chi connectivity index (χ1v) is 6.75. The quantitative estimate of drug-likeness (QED) is 0.594. The Balaban J connectivity index is 2.86. The van der Waals surface area contributed by atoms with Crippen LogP contribution in [-0.4, -0.2) is 23.3 Å². The van der Waals surface area contributed by atoms with Gasteiger partial charge < -0.3 is 13.9 Å². The smallest absolute Gasteiger partial charge is 0.453 e. The third-order valence-electron chi connectivity index (χ3n) is 3.26. The Morgan fingerprint density at radius 2 is 1.58 bits per heavy atom. The van der Waals surface area contributed by atoms with Gasteiger partial charge >= 0.3 is 12.1 Å². The van der Waals surface area contributed by atoms with Gasteiger partial charge in [0.1, 0.15) is 11.2 Å². The van der Waals surface area contributed by atoms with Crippen LogP contribution in [0.15, 0.2) is 0 Å². The van der Waals surface area contributed by atoms with Gasteiger partial charge in [0, 0.05) is 6.42 Å². The van der Waals surface area contributed by atoms with E-state index in [4.69, 9.17) is 0 Å². The molecule has 0 radical (unpaired) electrons. The fourth-order valence-electron chi connectivity index (χ4n) is 1.64. The van der Waals surface area contributed by atoms with Crippen molar-refractivity contribution in [2.45, 2.75) is 56.9 Å². The van der Waals surface area contributed by atoms with Crippen LogP contribution in [0.5, 0.6) is 0 Å². The van der Waals surface area contributed by atoms with Crippen LogP contribution in [0.4, 0.5) is 22.0 Å². The van der Waals surface area contributed by atoms with E-state index in [0.29, 0.717) is 0 Å². The van der Waals surface area contributed by atoms with E-state index in [0.717, 1.165) is 6.92 Å². The molecule has 10 heteroatoms. The van der Waals surface area contributed by atoms with Gasteiger partial charge in [-0.25, -0.2) is 0 Å². The van der Waals surface area contributed by atoms with E-state index >= 15 is 0 Å². The van der Waals surface area contributed by atoms with Crippen molar-refractivity contribution in [2.24, 2.45) is 0 Å². The lowest BCUT2D eigenvalue weighted by atomic mass is 9.83. The summed E-state index contributed by atoms with van der Waals surface area (Å²) in [4.78, 5) is 11.2. The van der Waals surface area contributed by atoms with E-state index in [9.17, 15) is 31.4 Å². The number of hydrogen-bond donors (Lipinski definition) is 0. The Labute approximate surface area is 106 Å². The highest BCUT2D eigenvalue weighted by Crippen LogP contribution is 2.60. The average molecular weight is 311 g/mol. The molecular formula is C9H13F5O4P-. The zero-order valence-electron chi connectivity index (χ0n) is 10.4. The monoisotopic (exact) mass is 311 g/mol. The molecule has 0 N–H and O–H groups in total. The highest BCUT2D eigenvalue weighted by atomic mass is 31.2. The molecule has 1 fully saturated rings. The highest BCUT2D eigenvalue weighted by Gasteiger charge is 2.60. The second-order valence-electron chi connectivity index (χ2n) is 5.07. The molecule has 1 saturated heterocycles. The largest absolute Gasteiger partial charge is 0.756 e. The molecule has 1 rings (SSSR count). The van der Waals surface area contributed by atoms with Crippen molar-refractivity contribution < 1.29 is 40.5 Å². The van der Waals surface area contributed by atoms with Crippen LogP contribution in [0.3, 0.4) is 0 Å². The molecule has 0 aromatic carbocycles. The number of phosphoric ester groups is 1. The van der Waals surface area contributed by atoms with E-state index in [1.165, 1.54) is 13.8 Å². The van der Waals surface area contributed by atoms with Crippen molar-refractivity contribution in [1.82, 2.24) is 0 Å². The van der Waals surface area contributed by atoms with E-state index in [2.05, 4.69) is 9.05 Å². The number of halogens is 5. The van der Waals surface area contributed by atoms with Crippen LogP contribution in [-0.2, 0) is 13.6 Å². The van der Waals surface area contributed by atoms with Gasteiger partial charge in [0.05, 0.1) is 0 Å². The summed E-state index contributed by atoms with van der Waals surface area (Å²) in [5.74, 6) is -4.91. The number of alkyl halides is 5. The van der Waals surface area contributed by atoms with Crippen molar-refractivity contribution in [3.05, 3.63) is 0 Å². The van der Waals surface area contributed by atoms with Gasteiger partial charge in [-0.15, -0.1) is 0 Å². The lowest BCUT2D eigenvalue weighted by Gasteiger charge is -2.35. The van der Waals surface area contributed by atoms with Gasteiger partial charge in [-0.3, -0.25) is 4.57 Å². The van der Waals surface area contributed by atoms with Crippen LogP contribution in [0.2, 0.25) is 0 Å². The summed E-state index contributed by atoms with van der Waals surface area (Å²) in [5.41, 5.74) is -3.30. The maximum Gasteiger partial charge on any atom is 0.453 e. The molecule has 2 atom stereocenters. The molecule has 2 unspecified atom stereocenters. The summed E-state index contributed by atoms with van der Waals surface area (Å²) in [5, 5.41) is 0. The highest BCUT2D eigenvalue weighted by molar-refractivity contribution is 7.46. The second-order valence-corrected chi connectivity index (χ2v) is 6.33. The van der Waals surface area contributed by atoms with Gasteiger partial charge in [0.2, 0.25) is 0 Å². The fraction of sp³-hybridized carbons (Fsp3) is 1.00. The van der Waals surface area contributed by atoms with Crippen molar-refractivity contribution in [3.63, 3.8) is 0 Å². The van der Waals surface area contributed by atoms with Gasteiger partial charge in [-0.1, -0.05) is 0 Å². The summed E-state index contributed by atoms with van der Waals surface area (Å²) >= 11 is 0. The van der Waals surface area contributed by atoms with Crippen LogP contribution < -0.4 is 4.89 Å². The van der Waals surface area contributed by atoms with E-state index in [1.54, 1.807) is 0 Å². The summed E-state index contributed by atoms with van der Waals surface area (Å²) in [6.45, 7) is 3.61. The Hall–Kier alpha value is -0.240. The molecule has 4 nitrogen and oxygen atoms in total. The second kappa shape index (κ2) is 4.38. The molecule has 0 aromatic heterocycles. The lowest BCUT2D eigenvalue weighted by Crippen LogP contribution is -2.47. The minimum atomic E-state index is -5.69. The van der Waals surface area contributed by atoms with Gasteiger partial charge in [0.15, 0.2) is 0 Å². The van der Waals surface area contributed by atoms with Gasteiger partial charge in [-0.2, -0.15) is 22.0 Å². The Bertz CT molecular complexity index is 408. The molecule has 0 aliphatic carbocycles. The Morgan fingerprint density at radius 3 is 1.89 bits per heavy atom. The van der Waals surface area contributed by atoms with Crippen LogP contribution in [0.25, 0.3) is 0 Å². The summed E-state index contributed by atoms with van der Waals surface area (Å²) in [6, 6.07) is 0. The lowest BCUT2D eigenvalue weighted by molar-refractivity contribution is -0.287. The van der Waals surface area contributed by atoms with Crippen molar-refractivity contribution in [3.8, 4) is 0 Å². The first kappa shape index (κ1) is 16.8. The minimum Gasteiger partial charge on any atom is -0.756 e. The van der Waals surface area contributed by atoms with Crippen molar-refractivity contribution in [2.75, 3.05) is 0 Å². The number of hydrogen-bond acceptors (Lipinski definition) is 4. The summed E-state index contributed by atoms with van der Waals surface area (Å²) < 4.78 is 82.0. The normalized spacial score (nSPS) is 35.6. The van der Waals surface area contributed by atoms with E-state index in [1.807, 2.05) is 0 Å². The molecule has 0 bridgehead atoms. The van der Waals surface area contributed by atoms with Crippen molar-refractivity contribution >= 4 is 7.82 Å². The molecular weight excluding hydrogens is 298 g/mol. The molecule has 0 spiro atoms. The molecule has 1 aliphatic rings. The Kier molecular flexibility index (Phi) is 3.87. The molecule has 0 aromatic rings. The van der Waals surface area contributed by atoms with Crippen molar-refractivity contribution in [1.29, 1.82) is 0 Å². The predicted octanol–water partition coefficient (Wildman–Crippen LogP) is 3.02. The zero-order chi connectivity index (χ0) is 15.3. The van der Waals surface area contributed by atoms with Gasteiger partial charge in [-0.05, 0) is 27.2 Å². The minimum absolute atomic E-state index is 0.821. The Morgan fingerprint density at radius 1 is 1.11 bits per heavy atom. The molecule has 0 saturated carbocycles. The van der Waals surface area contributed by atoms with Crippen LogP contribution in [0, 0.1) is 0 Å². The SMILES string of the molecule is CC1(C)OP(=O)([O-])OC1(C)CCC(F)(F)C(F)(F)F. The zero-order valence-corrected chi connectivity index (χ0v) is 11.3. The predicted molar refractivity (Wildman–Crippen MR) is 52.5 cm³/mol. The average Bonchev–Trinajstić information content (AvgIpc) is 2.26. The number of phosphoric acid groups is 1. The molecule has 19 heavy (non-hydrogen) atoms. The standard InChI is InChI=1S/C9H14F5O4P/c1-6(2)7(3,18-19(15,16)17-6)4-5-8(10,11)9(12,13)14/h4-5H2,1-3H3,(H,15,16)/p-1. The topological polar surface area (TPSA) is 58.6 Å². The first-order chi connectivity index (χ1) is 8.12. The maximum absolute atomic E-state index is 12.8. The number of rotatable bonds is 3. The molecule has 1 heterocycles. The fourth-order valence-corrected chi connectivity index (χ4v) is 3.23. The molecule has 114 valence electrons. The molecule has 1 aliphatic heterocycles. The molecule has 0 amide bonds. The van der Waals surface area contributed by atoms with E-state index in [-0.39, 0.29) is 0 Å². The third kappa shape index (κ3) is 3.26. The first-order valence-electron chi connectivity index (χ1n) is 5.29. The van der Waals surface area contributed by atoms with Crippen LogP contribution in [0.1, 0.15) is 33.6 Å². The van der Waals surface area contributed by atoms with Gasteiger partial charge in [0.25, 0.3) is 7.82 Å². The maximum atomic E-state index is 12.8. The third-order valence-corrected chi connectivity index (χ3v) is 4.56. The van der Waals surface area contributed by atoms with Crippen LogP contribution >= 0.6 is 7.82 Å². The summed E-state index contributed by atoms with van der Waals surface area (Å²) in [7, 11) is -4.69. The van der Waals surface area contributed by atoms with E-state index < -0.39 is 44.0 Å².